The number of hydrogen-bond acceptors (Lipinski definition) is 2. The van der Waals surface area contributed by atoms with Crippen LogP contribution >= 0.6 is 0 Å². The molecular formula is C12H16O3. The van der Waals surface area contributed by atoms with Gasteiger partial charge in [0.15, 0.2) is 0 Å². The molecule has 0 fully saturated rings. The van der Waals surface area contributed by atoms with E-state index in [9.17, 15) is 4.79 Å². The predicted molar refractivity (Wildman–Crippen MR) is 57.8 cm³/mol. The van der Waals surface area contributed by atoms with Crippen LogP contribution in [0.15, 0.2) is 30.3 Å². The third-order valence-corrected chi connectivity index (χ3v) is 2.34. The highest BCUT2D eigenvalue weighted by atomic mass is 16.5. The average molecular weight is 208 g/mol. The lowest BCUT2D eigenvalue weighted by atomic mass is 9.97. The highest BCUT2D eigenvalue weighted by Crippen LogP contribution is 2.12. The topological polar surface area (TPSA) is 46.5 Å². The second-order valence-corrected chi connectivity index (χ2v) is 3.51. The van der Waals surface area contributed by atoms with Crippen LogP contribution in [0.25, 0.3) is 0 Å². The van der Waals surface area contributed by atoms with Crippen LogP contribution in [0.5, 0.6) is 0 Å². The molecule has 1 rings (SSSR count). The Labute approximate surface area is 89.7 Å². The molecule has 1 atom stereocenters. The van der Waals surface area contributed by atoms with Gasteiger partial charge in [-0.15, -0.1) is 0 Å². The maximum Gasteiger partial charge on any atom is 0.306 e. The number of carboxylic acids is 1. The minimum Gasteiger partial charge on any atom is -0.481 e. The van der Waals surface area contributed by atoms with E-state index in [0.717, 1.165) is 5.56 Å². The maximum absolute atomic E-state index is 11.0. The molecule has 0 radical (unpaired) electrons. The van der Waals surface area contributed by atoms with E-state index in [1.54, 1.807) is 7.11 Å². The van der Waals surface area contributed by atoms with Gasteiger partial charge in [0.25, 0.3) is 0 Å². The van der Waals surface area contributed by atoms with Crippen LogP contribution in [0.2, 0.25) is 0 Å². The van der Waals surface area contributed by atoms with Gasteiger partial charge in [0.05, 0.1) is 5.92 Å². The lowest BCUT2D eigenvalue weighted by molar-refractivity contribution is -0.142. The highest BCUT2D eigenvalue weighted by Gasteiger charge is 2.17. The third kappa shape index (κ3) is 4.13. The Balaban J connectivity index is 2.55. The van der Waals surface area contributed by atoms with E-state index < -0.39 is 5.97 Å². The molecule has 0 aliphatic carbocycles. The van der Waals surface area contributed by atoms with Gasteiger partial charge in [-0.3, -0.25) is 4.79 Å². The van der Waals surface area contributed by atoms with Crippen molar-refractivity contribution in [2.45, 2.75) is 12.8 Å². The summed E-state index contributed by atoms with van der Waals surface area (Å²) >= 11 is 0. The summed E-state index contributed by atoms with van der Waals surface area (Å²) in [7, 11) is 1.58. The van der Waals surface area contributed by atoms with E-state index in [1.165, 1.54) is 0 Å². The van der Waals surface area contributed by atoms with Crippen LogP contribution in [0.1, 0.15) is 12.0 Å². The van der Waals surface area contributed by atoms with Gasteiger partial charge in [-0.1, -0.05) is 30.3 Å². The van der Waals surface area contributed by atoms with Gasteiger partial charge < -0.3 is 9.84 Å². The van der Waals surface area contributed by atoms with Crippen LogP contribution in [-0.4, -0.2) is 24.8 Å². The highest BCUT2D eigenvalue weighted by molar-refractivity contribution is 5.70. The number of ether oxygens (including phenoxy) is 1. The van der Waals surface area contributed by atoms with Gasteiger partial charge in [0.2, 0.25) is 0 Å². The van der Waals surface area contributed by atoms with E-state index in [0.29, 0.717) is 19.4 Å². The summed E-state index contributed by atoms with van der Waals surface area (Å²) in [6, 6.07) is 9.66. The largest absolute Gasteiger partial charge is 0.481 e. The first kappa shape index (κ1) is 11.7. The number of hydrogen-bond donors (Lipinski definition) is 1. The number of methoxy groups -OCH3 is 1. The van der Waals surface area contributed by atoms with E-state index in [2.05, 4.69) is 0 Å². The number of carbonyl (C=O) groups is 1. The van der Waals surface area contributed by atoms with Gasteiger partial charge >= 0.3 is 5.97 Å². The molecule has 3 heteroatoms. The molecule has 0 aliphatic rings. The summed E-state index contributed by atoms with van der Waals surface area (Å²) in [6.07, 6.45) is 1.13. The summed E-state index contributed by atoms with van der Waals surface area (Å²) in [5.41, 5.74) is 1.06. The van der Waals surface area contributed by atoms with E-state index in [1.807, 2.05) is 30.3 Å². The Morgan fingerprint density at radius 2 is 2.07 bits per heavy atom. The Morgan fingerprint density at radius 3 is 2.60 bits per heavy atom. The first-order valence-electron chi connectivity index (χ1n) is 4.99. The molecule has 1 unspecified atom stereocenters. The Hall–Kier alpha value is -1.35. The fourth-order valence-corrected chi connectivity index (χ4v) is 1.47. The van der Waals surface area contributed by atoms with E-state index >= 15 is 0 Å². The van der Waals surface area contributed by atoms with Crippen molar-refractivity contribution in [2.75, 3.05) is 13.7 Å². The molecule has 0 bridgehead atoms. The zero-order chi connectivity index (χ0) is 11.1. The van der Waals surface area contributed by atoms with Gasteiger partial charge in [-0.25, -0.2) is 0 Å². The molecule has 1 aromatic carbocycles. The lowest BCUT2D eigenvalue weighted by Gasteiger charge is -2.11. The molecular weight excluding hydrogens is 192 g/mol. The van der Waals surface area contributed by atoms with Crippen LogP contribution in [0.4, 0.5) is 0 Å². The molecule has 1 aromatic rings. The molecule has 0 saturated carbocycles. The lowest BCUT2D eigenvalue weighted by Crippen LogP contribution is -2.18. The van der Waals surface area contributed by atoms with Crippen LogP contribution in [-0.2, 0) is 16.0 Å². The number of rotatable bonds is 6. The number of carboxylic acid groups (broad SMARTS) is 1. The SMILES string of the molecule is COCCC(Cc1ccccc1)C(=O)O. The van der Waals surface area contributed by atoms with Crippen LogP contribution in [0, 0.1) is 5.92 Å². The smallest absolute Gasteiger partial charge is 0.306 e. The summed E-state index contributed by atoms with van der Waals surface area (Å²) in [5.74, 6) is -1.11. The summed E-state index contributed by atoms with van der Waals surface area (Å²) in [6.45, 7) is 0.490. The molecule has 0 amide bonds. The maximum atomic E-state index is 11.0. The standard InChI is InChI=1S/C12H16O3/c1-15-8-7-11(12(13)14)9-10-5-3-2-4-6-10/h2-6,11H,7-9H2,1H3,(H,13,14). The second kappa shape index (κ2) is 6.19. The summed E-state index contributed by atoms with van der Waals surface area (Å²) < 4.78 is 4.90. The molecule has 82 valence electrons. The summed E-state index contributed by atoms with van der Waals surface area (Å²) in [4.78, 5) is 11.0. The molecule has 0 aliphatic heterocycles. The van der Waals surface area contributed by atoms with Crippen molar-refractivity contribution >= 4 is 5.97 Å². The Morgan fingerprint density at radius 1 is 1.40 bits per heavy atom. The Kier molecular flexibility index (Phi) is 4.84. The second-order valence-electron chi connectivity index (χ2n) is 3.51. The summed E-state index contributed by atoms with van der Waals surface area (Å²) in [5, 5.41) is 9.01. The zero-order valence-corrected chi connectivity index (χ0v) is 8.85. The quantitative estimate of drug-likeness (QED) is 0.777. The molecule has 0 spiro atoms. The normalized spacial score (nSPS) is 12.3. The van der Waals surface area contributed by atoms with Crippen LogP contribution in [0.3, 0.4) is 0 Å². The minimum atomic E-state index is -0.754. The van der Waals surface area contributed by atoms with Gasteiger partial charge in [0.1, 0.15) is 0 Å². The molecule has 0 heterocycles. The fourth-order valence-electron chi connectivity index (χ4n) is 1.47. The molecule has 0 aromatic heterocycles. The van der Waals surface area contributed by atoms with Gasteiger partial charge in [-0.05, 0) is 18.4 Å². The Bertz CT molecular complexity index is 295. The van der Waals surface area contributed by atoms with E-state index in [-0.39, 0.29) is 5.92 Å². The van der Waals surface area contributed by atoms with Crippen LogP contribution < -0.4 is 0 Å². The average Bonchev–Trinajstić information content (AvgIpc) is 2.25. The minimum absolute atomic E-state index is 0.354. The molecule has 3 nitrogen and oxygen atoms in total. The van der Waals surface area contributed by atoms with Crippen molar-refractivity contribution < 1.29 is 14.6 Å². The zero-order valence-electron chi connectivity index (χ0n) is 8.85. The molecule has 15 heavy (non-hydrogen) atoms. The first-order chi connectivity index (χ1) is 7.24. The molecule has 1 N–H and O–H groups in total. The van der Waals surface area contributed by atoms with Crippen molar-refractivity contribution in [1.29, 1.82) is 0 Å². The predicted octanol–water partition coefficient (Wildman–Crippen LogP) is 1.97. The van der Waals surface area contributed by atoms with Crippen molar-refractivity contribution in [1.82, 2.24) is 0 Å². The first-order valence-corrected chi connectivity index (χ1v) is 4.99. The number of benzene rings is 1. The molecule has 0 saturated heterocycles. The van der Waals surface area contributed by atoms with E-state index in [4.69, 9.17) is 9.84 Å². The van der Waals surface area contributed by atoms with Gasteiger partial charge in [0, 0.05) is 13.7 Å². The monoisotopic (exact) mass is 208 g/mol. The van der Waals surface area contributed by atoms with Crippen molar-refractivity contribution in [3.8, 4) is 0 Å². The van der Waals surface area contributed by atoms with Crippen molar-refractivity contribution in [2.24, 2.45) is 5.92 Å². The van der Waals surface area contributed by atoms with Crippen molar-refractivity contribution in [3.05, 3.63) is 35.9 Å². The third-order valence-electron chi connectivity index (χ3n) is 2.34. The van der Waals surface area contributed by atoms with Crippen molar-refractivity contribution in [3.63, 3.8) is 0 Å². The number of aliphatic carboxylic acids is 1. The van der Waals surface area contributed by atoms with Gasteiger partial charge in [-0.2, -0.15) is 0 Å². The fraction of sp³-hybridized carbons (Fsp3) is 0.417.